The van der Waals surface area contributed by atoms with E-state index in [1.165, 1.54) is 7.11 Å². The van der Waals surface area contributed by atoms with Crippen LogP contribution < -0.4 is 0 Å². The molecule has 0 aromatic carbocycles. The smallest absolute Gasteiger partial charge is 0.305 e. The summed E-state index contributed by atoms with van der Waals surface area (Å²) in [6.07, 6.45) is 7.04. The lowest BCUT2D eigenvalue weighted by Gasteiger charge is -2.04. The molecule has 0 fully saturated rings. The Bertz CT molecular complexity index is 699. The van der Waals surface area contributed by atoms with Crippen molar-refractivity contribution in [3.8, 4) is 0 Å². The maximum absolute atomic E-state index is 11.1. The van der Waals surface area contributed by atoms with E-state index in [4.69, 9.17) is 11.6 Å². The minimum absolute atomic E-state index is 0.143. The van der Waals surface area contributed by atoms with Crippen LogP contribution >= 0.6 is 11.6 Å². The molecule has 0 spiro atoms. The number of methoxy groups -OCH3 is 1. The van der Waals surface area contributed by atoms with E-state index < -0.39 is 0 Å². The molecule has 24 heavy (non-hydrogen) atoms. The summed E-state index contributed by atoms with van der Waals surface area (Å²) in [5.41, 5.74) is 2.67. The van der Waals surface area contributed by atoms with Crippen molar-refractivity contribution >= 4 is 28.6 Å². The third-order valence-corrected chi connectivity index (χ3v) is 4.26. The highest BCUT2D eigenvalue weighted by atomic mass is 35.5. The standard InChI is InChI=1S/C17H25ClN4O2/c1-4-9-12-15-16(22(2)21-12)17(18)20-13(19-15)10-7-5-6-8-11-14(23)24-3/h4-11H2,1-3H3. The van der Waals surface area contributed by atoms with Crippen molar-refractivity contribution in [2.75, 3.05) is 7.11 Å². The van der Waals surface area contributed by atoms with Crippen molar-refractivity contribution < 1.29 is 9.53 Å². The predicted molar refractivity (Wildman–Crippen MR) is 94.1 cm³/mol. The number of ether oxygens (including phenoxy) is 1. The van der Waals surface area contributed by atoms with E-state index in [1.54, 1.807) is 4.68 Å². The first kappa shape index (κ1) is 18.6. The van der Waals surface area contributed by atoms with Gasteiger partial charge in [-0.1, -0.05) is 37.8 Å². The van der Waals surface area contributed by atoms with Gasteiger partial charge in [0, 0.05) is 19.9 Å². The van der Waals surface area contributed by atoms with Crippen molar-refractivity contribution in [3.63, 3.8) is 0 Å². The molecule has 2 rings (SSSR count). The molecule has 0 aliphatic carbocycles. The van der Waals surface area contributed by atoms with Crippen molar-refractivity contribution in [1.82, 2.24) is 19.7 Å². The molecule has 6 nitrogen and oxygen atoms in total. The monoisotopic (exact) mass is 352 g/mol. The normalized spacial score (nSPS) is 11.2. The molecule has 0 aliphatic rings. The SMILES string of the molecule is CCCc1nn(C)c2c(Cl)nc(CCCCCCC(=O)OC)nc12. The summed E-state index contributed by atoms with van der Waals surface area (Å²) >= 11 is 6.33. The van der Waals surface area contributed by atoms with Gasteiger partial charge in [0.2, 0.25) is 0 Å². The molecule has 2 aromatic heterocycles. The van der Waals surface area contributed by atoms with Gasteiger partial charge in [0.05, 0.1) is 12.8 Å². The first-order valence-electron chi connectivity index (χ1n) is 8.51. The average Bonchev–Trinajstić information content (AvgIpc) is 2.87. The Kier molecular flexibility index (Phi) is 6.97. The first-order chi connectivity index (χ1) is 11.6. The molecular formula is C17H25ClN4O2. The van der Waals surface area contributed by atoms with E-state index >= 15 is 0 Å². The van der Waals surface area contributed by atoms with Crippen molar-refractivity contribution in [2.24, 2.45) is 7.05 Å². The predicted octanol–water partition coefficient (Wildman–Crippen LogP) is 3.64. The summed E-state index contributed by atoms with van der Waals surface area (Å²) in [7, 11) is 3.29. The average molecular weight is 353 g/mol. The van der Waals surface area contributed by atoms with Crippen LogP contribution in [0.2, 0.25) is 5.15 Å². The van der Waals surface area contributed by atoms with Crippen molar-refractivity contribution in [2.45, 2.75) is 58.3 Å². The molecule has 0 radical (unpaired) electrons. The molecule has 0 saturated heterocycles. The number of esters is 1. The summed E-state index contributed by atoms with van der Waals surface area (Å²) in [4.78, 5) is 20.1. The Morgan fingerprint density at radius 1 is 1.17 bits per heavy atom. The van der Waals surface area contributed by atoms with Gasteiger partial charge in [-0.15, -0.1) is 0 Å². The Morgan fingerprint density at radius 2 is 1.92 bits per heavy atom. The van der Waals surface area contributed by atoms with Crippen LogP contribution in [0.3, 0.4) is 0 Å². The third kappa shape index (κ3) is 4.66. The Morgan fingerprint density at radius 3 is 2.62 bits per heavy atom. The van der Waals surface area contributed by atoms with Gasteiger partial charge in [0.25, 0.3) is 0 Å². The maximum atomic E-state index is 11.1. The van der Waals surface area contributed by atoms with Crippen molar-refractivity contribution in [3.05, 3.63) is 16.7 Å². The Hall–Kier alpha value is -1.69. The second kappa shape index (κ2) is 8.97. The van der Waals surface area contributed by atoms with Crippen LogP contribution in [0, 0.1) is 0 Å². The Labute approximate surface area is 147 Å². The number of fused-ring (bicyclic) bond motifs is 1. The summed E-state index contributed by atoms with van der Waals surface area (Å²) in [6.45, 7) is 2.12. The highest BCUT2D eigenvalue weighted by Gasteiger charge is 2.15. The largest absolute Gasteiger partial charge is 0.469 e. The fraction of sp³-hybridized carbons (Fsp3) is 0.647. The molecule has 2 heterocycles. The van der Waals surface area contributed by atoms with Crippen molar-refractivity contribution in [1.29, 1.82) is 0 Å². The number of nitrogens with zero attached hydrogens (tertiary/aromatic N) is 4. The summed E-state index contributed by atoms with van der Waals surface area (Å²) in [5.74, 6) is 0.626. The number of unbranched alkanes of at least 4 members (excludes halogenated alkanes) is 3. The first-order valence-corrected chi connectivity index (χ1v) is 8.89. The third-order valence-electron chi connectivity index (χ3n) is 4.00. The molecule has 0 atom stereocenters. The number of aryl methyl sites for hydroxylation is 3. The van der Waals surface area contributed by atoms with Gasteiger partial charge in [0.1, 0.15) is 16.9 Å². The molecule has 0 bridgehead atoms. The summed E-state index contributed by atoms with van der Waals surface area (Å²) < 4.78 is 6.39. The number of aromatic nitrogens is 4. The van der Waals surface area contributed by atoms with E-state index in [1.807, 2.05) is 7.05 Å². The number of rotatable bonds is 9. The van der Waals surface area contributed by atoms with Gasteiger partial charge in [-0.3, -0.25) is 9.48 Å². The second-order valence-electron chi connectivity index (χ2n) is 5.94. The van der Waals surface area contributed by atoms with E-state index in [0.717, 1.165) is 67.5 Å². The molecule has 0 amide bonds. The summed E-state index contributed by atoms with van der Waals surface area (Å²) in [6, 6.07) is 0. The van der Waals surface area contributed by atoms with E-state index in [2.05, 4.69) is 26.7 Å². The van der Waals surface area contributed by atoms with Crippen LogP contribution in [0.4, 0.5) is 0 Å². The highest BCUT2D eigenvalue weighted by Crippen LogP contribution is 2.24. The molecule has 0 N–H and O–H groups in total. The minimum Gasteiger partial charge on any atom is -0.469 e. The molecule has 132 valence electrons. The quantitative estimate of drug-likeness (QED) is 0.391. The fourth-order valence-corrected chi connectivity index (χ4v) is 3.07. The van der Waals surface area contributed by atoms with Gasteiger partial charge in [-0.2, -0.15) is 5.10 Å². The van der Waals surface area contributed by atoms with E-state index in [9.17, 15) is 4.79 Å². The second-order valence-corrected chi connectivity index (χ2v) is 6.30. The summed E-state index contributed by atoms with van der Waals surface area (Å²) in [5, 5.41) is 4.98. The molecule has 0 unspecified atom stereocenters. The lowest BCUT2D eigenvalue weighted by atomic mass is 10.1. The van der Waals surface area contributed by atoms with Crippen LogP contribution in [0.5, 0.6) is 0 Å². The van der Waals surface area contributed by atoms with Crippen LogP contribution in [-0.2, 0) is 29.4 Å². The molecular weight excluding hydrogens is 328 g/mol. The lowest BCUT2D eigenvalue weighted by molar-refractivity contribution is -0.140. The maximum Gasteiger partial charge on any atom is 0.305 e. The van der Waals surface area contributed by atoms with Crippen LogP contribution in [0.15, 0.2) is 0 Å². The van der Waals surface area contributed by atoms with E-state index in [0.29, 0.717) is 11.6 Å². The zero-order chi connectivity index (χ0) is 17.5. The molecule has 2 aromatic rings. The van der Waals surface area contributed by atoms with Gasteiger partial charge in [-0.25, -0.2) is 9.97 Å². The number of halogens is 1. The van der Waals surface area contributed by atoms with Gasteiger partial charge < -0.3 is 4.74 Å². The molecule has 0 saturated carbocycles. The minimum atomic E-state index is -0.143. The zero-order valence-corrected chi connectivity index (χ0v) is 15.4. The van der Waals surface area contributed by atoms with E-state index in [-0.39, 0.29) is 5.97 Å². The number of hydrogen-bond donors (Lipinski definition) is 0. The molecule has 7 heteroatoms. The topological polar surface area (TPSA) is 69.9 Å². The zero-order valence-electron chi connectivity index (χ0n) is 14.6. The van der Waals surface area contributed by atoms with Gasteiger partial charge in [-0.05, 0) is 19.3 Å². The fourth-order valence-electron chi connectivity index (χ4n) is 2.76. The number of carbonyl (C=O) groups excluding carboxylic acids is 1. The number of carbonyl (C=O) groups is 1. The highest BCUT2D eigenvalue weighted by molar-refractivity contribution is 6.33. The van der Waals surface area contributed by atoms with Gasteiger partial charge in [0.15, 0.2) is 5.15 Å². The van der Waals surface area contributed by atoms with Crippen LogP contribution in [-0.4, -0.2) is 32.8 Å². The van der Waals surface area contributed by atoms with Gasteiger partial charge >= 0.3 is 5.97 Å². The molecule has 0 aliphatic heterocycles. The number of hydrogen-bond acceptors (Lipinski definition) is 5. The van der Waals surface area contributed by atoms with Crippen LogP contribution in [0.25, 0.3) is 11.0 Å². The Balaban J connectivity index is 1.95. The lowest BCUT2D eigenvalue weighted by Crippen LogP contribution is -2.00. The van der Waals surface area contributed by atoms with Crippen LogP contribution in [0.1, 0.15) is 57.0 Å².